The van der Waals surface area contributed by atoms with Crippen LogP contribution in [0.2, 0.25) is 0 Å². The van der Waals surface area contributed by atoms with Crippen molar-refractivity contribution in [2.75, 3.05) is 17.3 Å². The summed E-state index contributed by atoms with van der Waals surface area (Å²) < 4.78 is 7.00. The van der Waals surface area contributed by atoms with Gasteiger partial charge in [-0.25, -0.2) is 4.90 Å². The molecule has 1 fully saturated rings. The van der Waals surface area contributed by atoms with E-state index in [0.29, 0.717) is 32.6 Å². The molecule has 3 atom stereocenters. The number of phenols is 1. The second kappa shape index (κ2) is 10.3. The number of imide groups is 1. The second-order valence-corrected chi connectivity index (χ2v) is 11.5. The van der Waals surface area contributed by atoms with Crippen LogP contribution in [0.5, 0.6) is 11.5 Å². The third-order valence-electron chi connectivity index (χ3n) is 6.99. The zero-order chi connectivity index (χ0) is 28.0. The molecule has 3 amide bonds. The van der Waals surface area contributed by atoms with E-state index in [0.717, 1.165) is 23.1 Å². The van der Waals surface area contributed by atoms with Gasteiger partial charge in [0.25, 0.3) is 0 Å². The first kappa shape index (κ1) is 25.9. The number of nitrogens with one attached hydrogen (secondary N) is 1. The van der Waals surface area contributed by atoms with Crippen LogP contribution in [0.3, 0.4) is 0 Å². The van der Waals surface area contributed by atoms with E-state index in [1.165, 1.54) is 28.7 Å². The highest BCUT2D eigenvalue weighted by Gasteiger charge is 2.57. The Balaban J connectivity index is 1.43. The maximum absolute atomic E-state index is 13.9. The molecule has 3 heterocycles. The van der Waals surface area contributed by atoms with Gasteiger partial charge in [0.15, 0.2) is 0 Å². The van der Waals surface area contributed by atoms with Gasteiger partial charge in [-0.1, -0.05) is 59.5 Å². The Kier molecular flexibility index (Phi) is 6.68. The lowest BCUT2D eigenvalue weighted by Gasteiger charge is -2.31. The van der Waals surface area contributed by atoms with Crippen molar-refractivity contribution in [2.45, 2.75) is 22.7 Å². The molecule has 3 aromatic carbocycles. The van der Waals surface area contributed by atoms with E-state index < -0.39 is 23.0 Å². The molecule has 1 saturated heterocycles. The first-order valence-electron chi connectivity index (χ1n) is 12.4. The van der Waals surface area contributed by atoms with E-state index in [2.05, 4.69) is 5.32 Å². The predicted molar refractivity (Wildman–Crippen MR) is 152 cm³/mol. The number of thiazole rings is 1. The lowest BCUT2D eigenvalue weighted by molar-refractivity contribution is -0.122. The summed E-state index contributed by atoms with van der Waals surface area (Å²) in [6.45, 7) is -0.279. The molecule has 0 saturated carbocycles. The minimum absolute atomic E-state index is 0.0646. The summed E-state index contributed by atoms with van der Waals surface area (Å²) in [5, 5.41) is 11.9. The number of ether oxygens (including phenoxy) is 1. The number of para-hydroxylation sites is 2. The SMILES string of the molecule is COc1ccccc1C1c2sc(=O)n(CC(=O)Nc3ccc(O)cc3)c2SC2C(=O)N(c3ccccc3)C(=O)C21. The highest BCUT2D eigenvalue weighted by atomic mass is 32.2. The quantitative estimate of drug-likeness (QED) is 0.264. The number of aromatic hydroxyl groups is 1. The highest BCUT2D eigenvalue weighted by molar-refractivity contribution is 8.00. The molecule has 0 aliphatic carbocycles. The number of phenolic OH excluding ortho intramolecular Hbond substituents is 1. The first-order chi connectivity index (χ1) is 19.4. The Morgan fingerprint density at radius 1 is 0.950 bits per heavy atom. The lowest BCUT2D eigenvalue weighted by Crippen LogP contribution is -2.33. The molecule has 202 valence electrons. The van der Waals surface area contributed by atoms with Crippen molar-refractivity contribution in [3.63, 3.8) is 0 Å². The van der Waals surface area contributed by atoms with Crippen LogP contribution in [0.1, 0.15) is 16.4 Å². The smallest absolute Gasteiger partial charge is 0.308 e. The van der Waals surface area contributed by atoms with Crippen LogP contribution in [0, 0.1) is 5.92 Å². The number of aromatic nitrogens is 1. The van der Waals surface area contributed by atoms with Crippen molar-refractivity contribution in [3.05, 3.63) is 99.0 Å². The monoisotopic (exact) mass is 573 g/mol. The molecule has 4 aromatic rings. The Hall–Kier alpha value is -4.35. The minimum atomic E-state index is -0.796. The average Bonchev–Trinajstić information content (AvgIpc) is 3.40. The van der Waals surface area contributed by atoms with Gasteiger partial charge in [-0.2, -0.15) is 0 Å². The van der Waals surface area contributed by atoms with E-state index in [-0.39, 0.29) is 29.0 Å². The van der Waals surface area contributed by atoms with Crippen LogP contribution in [0.25, 0.3) is 0 Å². The van der Waals surface area contributed by atoms with Gasteiger partial charge in [-0.15, -0.1) is 0 Å². The number of rotatable bonds is 6. The molecule has 40 heavy (non-hydrogen) atoms. The largest absolute Gasteiger partial charge is 0.508 e. The van der Waals surface area contributed by atoms with Crippen LogP contribution in [0.15, 0.2) is 88.7 Å². The van der Waals surface area contributed by atoms with E-state index >= 15 is 0 Å². The summed E-state index contributed by atoms with van der Waals surface area (Å²) in [4.78, 5) is 55.4. The van der Waals surface area contributed by atoms with Crippen LogP contribution in [0.4, 0.5) is 11.4 Å². The number of fused-ring (bicyclic) bond motifs is 2. The topological polar surface area (TPSA) is 118 Å². The third-order valence-corrected chi connectivity index (χ3v) is 9.59. The van der Waals surface area contributed by atoms with E-state index in [1.807, 2.05) is 24.3 Å². The second-order valence-electron chi connectivity index (χ2n) is 9.35. The maximum atomic E-state index is 13.9. The van der Waals surface area contributed by atoms with E-state index in [4.69, 9.17) is 4.74 Å². The van der Waals surface area contributed by atoms with Gasteiger partial charge in [0, 0.05) is 22.0 Å². The molecular weight excluding hydrogens is 550 g/mol. The standard InChI is InChI=1S/C29H23N3O6S2/c1-38-20-10-6-5-9-19(20)22-23-24(27(36)32(26(23)35)17-7-3-2-4-8-17)39-28-25(22)40-29(37)31(28)15-21(34)30-16-11-13-18(33)14-12-16/h2-14,22-24,33H,15H2,1H3,(H,30,34). The fraction of sp³-hybridized carbons (Fsp3) is 0.172. The summed E-state index contributed by atoms with van der Waals surface area (Å²) in [7, 11) is 1.54. The minimum Gasteiger partial charge on any atom is -0.508 e. The molecule has 2 aliphatic rings. The van der Waals surface area contributed by atoms with Crippen molar-refractivity contribution in [2.24, 2.45) is 5.92 Å². The van der Waals surface area contributed by atoms with Gasteiger partial charge in [0.1, 0.15) is 23.3 Å². The van der Waals surface area contributed by atoms with Crippen molar-refractivity contribution in [1.29, 1.82) is 0 Å². The third kappa shape index (κ3) is 4.37. The van der Waals surface area contributed by atoms with Gasteiger partial charge in [-0.3, -0.25) is 23.7 Å². The number of carbonyl (C=O) groups excluding carboxylic acids is 3. The van der Waals surface area contributed by atoms with Gasteiger partial charge in [-0.05, 0) is 42.5 Å². The summed E-state index contributed by atoms with van der Waals surface area (Å²) >= 11 is 2.13. The first-order valence-corrected chi connectivity index (χ1v) is 14.1. The molecule has 9 nitrogen and oxygen atoms in total. The van der Waals surface area contributed by atoms with Gasteiger partial charge >= 0.3 is 4.87 Å². The lowest BCUT2D eigenvalue weighted by atomic mass is 9.82. The van der Waals surface area contributed by atoms with E-state index in [1.54, 1.807) is 42.5 Å². The molecule has 2 aliphatic heterocycles. The number of carbonyl (C=O) groups is 3. The van der Waals surface area contributed by atoms with Gasteiger partial charge in [0.2, 0.25) is 17.7 Å². The number of benzene rings is 3. The number of amides is 3. The Morgan fingerprint density at radius 3 is 2.38 bits per heavy atom. The Bertz CT molecular complexity index is 1680. The van der Waals surface area contributed by atoms with Crippen molar-refractivity contribution in [1.82, 2.24) is 4.57 Å². The van der Waals surface area contributed by atoms with Gasteiger partial charge in [0.05, 0.1) is 23.7 Å². The highest BCUT2D eigenvalue weighted by Crippen LogP contribution is 2.55. The molecule has 2 N–H and O–H groups in total. The number of thioether (sulfide) groups is 1. The Labute approximate surface area is 237 Å². The summed E-state index contributed by atoms with van der Waals surface area (Å²) in [6.07, 6.45) is 0. The van der Waals surface area contributed by atoms with Crippen LogP contribution >= 0.6 is 23.1 Å². The molecular formula is C29H23N3O6S2. The van der Waals surface area contributed by atoms with Crippen molar-refractivity contribution >= 4 is 52.2 Å². The normalized spacial score (nSPS) is 19.7. The summed E-state index contributed by atoms with van der Waals surface area (Å²) in [5.74, 6) is -1.93. The zero-order valence-electron chi connectivity index (χ0n) is 21.1. The molecule has 0 spiro atoms. The number of hydrogen-bond acceptors (Lipinski definition) is 8. The number of nitrogens with zero attached hydrogens (tertiary/aromatic N) is 2. The summed E-state index contributed by atoms with van der Waals surface area (Å²) in [5.41, 5.74) is 1.65. The molecule has 11 heteroatoms. The fourth-order valence-corrected chi connectivity index (χ4v) is 8.00. The molecule has 0 radical (unpaired) electrons. The van der Waals surface area contributed by atoms with E-state index in [9.17, 15) is 24.3 Å². The molecule has 1 aromatic heterocycles. The van der Waals surface area contributed by atoms with Crippen LogP contribution in [-0.4, -0.2) is 39.8 Å². The molecule has 3 unspecified atom stereocenters. The zero-order valence-corrected chi connectivity index (χ0v) is 22.8. The van der Waals surface area contributed by atoms with Crippen LogP contribution in [-0.2, 0) is 20.9 Å². The Morgan fingerprint density at radius 2 is 1.65 bits per heavy atom. The maximum Gasteiger partial charge on any atom is 0.308 e. The van der Waals surface area contributed by atoms with Crippen LogP contribution < -0.4 is 19.8 Å². The number of anilines is 2. The van der Waals surface area contributed by atoms with Crippen molar-refractivity contribution in [3.8, 4) is 11.5 Å². The fourth-order valence-electron chi connectivity index (χ4n) is 5.23. The molecule has 6 rings (SSSR count). The van der Waals surface area contributed by atoms with Gasteiger partial charge < -0.3 is 15.2 Å². The summed E-state index contributed by atoms with van der Waals surface area (Å²) in [6, 6.07) is 22.1. The number of hydrogen-bond donors (Lipinski definition) is 2. The average molecular weight is 574 g/mol. The van der Waals surface area contributed by atoms with Crippen molar-refractivity contribution < 1.29 is 24.2 Å². The number of methoxy groups -OCH3 is 1. The molecule has 0 bridgehead atoms. The predicted octanol–water partition coefficient (Wildman–Crippen LogP) is 4.06.